The maximum atomic E-state index is 12.0. The molecule has 1 aliphatic rings. The van der Waals surface area contributed by atoms with Gasteiger partial charge in [0, 0.05) is 18.7 Å². The van der Waals surface area contributed by atoms with Crippen LogP contribution in [0.1, 0.15) is 24.6 Å². The van der Waals surface area contributed by atoms with Crippen LogP contribution in [0, 0.1) is 6.92 Å². The Morgan fingerprint density at radius 1 is 1.29 bits per heavy atom. The number of aryl methyl sites for hydroxylation is 1. The van der Waals surface area contributed by atoms with E-state index in [1.807, 2.05) is 0 Å². The van der Waals surface area contributed by atoms with Crippen molar-refractivity contribution in [2.75, 3.05) is 5.32 Å². The molecule has 0 spiro atoms. The van der Waals surface area contributed by atoms with Crippen molar-refractivity contribution in [2.45, 2.75) is 37.2 Å². The molecular formula is C13H16N4O3S. The maximum absolute atomic E-state index is 12.0. The van der Waals surface area contributed by atoms with Crippen molar-refractivity contribution in [1.29, 1.82) is 0 Å². The summed E-state index contributed by atoms with van der Waals surface area (Å²) in [5.41, 5.74) is 0.794. The minimum atomic E-state index is -3.40. The Morgan fingerprint density at radius 3 is 2.57 bits per heavy atom. The predicted octanol–water partition coefficient (Wildman–Crippen LogP) is 1.43. The fraction of sp³-hybridized carbons (Fsp3) is 0.385. The molecule has 1 fully saturated rings. The first-order chi connectivity index (χ1) is 10.0. The van der Waals surface area contributed by atoms with E-state index in [0.717, 1.165) is 18.5 Å². The van der Waals surface area contributed by atoms with Crippen LogP contribution >= 0.6 is 0 Å². The molecule has 0 radical (unpaired) electrons. The molecule has 0 atom stereocenters. The summed E-state index contributed by atoms with van der Waals surface area (Å²) in [6, 6.07) is 6.69. The fourth-order valence-corrected chi connectivity index (χ4v) is 3.14. The summed E-state index contributed by atoms with van der Waals surface area (Å²) in [7, 11) is -3.40. The second kappa shape index (κ2) is 5.45. The third-order valence-corrected chi connectivity index (χ3v) is 4.62. The first kappa shape index (κ1) is 14.0. The molecule has 2 aromatic rings. The summed E-state index contributed by atoms with van der Waals surface area (Å²) in [5.74, 6) is 1.07. The number of rotatable bonds is 6. The van der Waals surface area contributed by atoms with Crippen LogP contribution in [0.25, 0.3) is 0 Å². The van der Waals surface area contributed by atoms with Gasteiger partial charge in [-0.15, -0.1) is 0 Å². The van der Waals surface area contributed by atoms with Crippen molar-refractivity contribution < 1.29 is 12.9 Å². The number of hydrogen-bond acceptors (Lipinski definition) is 6. The maximum Gasteiger partial charge on any atom is 0.240 e. The highest BCUT2D eigenvalue weighted by atomic mass is 32.2. The standard InChI is InChI=1S/C13H16N4O3S/c1-9-15-13(16-20-9)8-14-10-4-6-12(7-5-10)21(18,19)17-11-2-3-11/h4-7,11,14,17H,2-3,8H2,1H3. The van der Waals surface area contributed by atoms with Crippen LogP contribution in [0.3, 0.4) is 0 Å². The van der Waals surface area contributed by atoms with Crippen LogP contribution in [0.5, 0.6) is 0 Å². The number of nitrogens with zero attached hydrogens (tertiary/aromatic N) is 2. The van der Waals surface area contributed by atoms with E-state index < -0.39 is 10.0 Å². The Kier molecular flexibility index (Phi) is 3.64. The Hall–Kier alpha value is -1.93. The lowest BCUT2D eigenvalue weighted by Crippen LogP contribution is -2.25. The molecule has 112 valence electrons. The van der Waals surface area contributed by atoms with Gasteiger partial charge in [0.15, 0.2) is 5.82 Å². The summed E-state index contributed by atoms with van der Waals surface area (Å²) in [4.78, 5) is 4.35. The van der Waals surface area contributed by atoms with Gasteiger partial charge in [0.05, 0.1) is 11.4 Å². The molecule has 8 heteroatoms. The summed E-state index contributed by atoms with van der Waals surface area (Å²) < 4.78 is 31.5. The van der Waals surface area contributed by atoms with Crippen molar-refractivity contribution >= 4 is 15.7 Å². The zero-order valence-corrected chi connectivity index (χ0v) is 12.4. The molecular weight excluding hydrogens is 292 g/mol. The molecule has 0 unspecified atom stereocenters. The minimum absolute atomic E-state index is 0.106. The van der Waals surface area contributed by atoms with Gasteiger partial charge in [-0.05, 0) is 37.1 Å². The number of hydrogen-bond donors (Lipinski definition) is 2. The van der Waals surface area contributed by atoms with E-state index in [0.29, 0.717) is 18.3 Å². The average Bonchev–Trinajstić information content (AvgIpc) is 3.16. The molecule has 1 aliphatic carbocycles. The smallest absolute Gasteiger partial charge is 0.240 e. The van der Waals surface area contributed by atoms with E-state index in [1.54, 1.807) is 31.2 Å². The third kappa shape index (κ3) is 3.59. The number of anilines is 1. The largest absolute Gasteiger partial charge is 0.378 e. The van der Waals surface area contributed by atoms with Gasteiger partial charge in [-0.25, -0.2) is 13.1 Å². The average molecular weight is 308 g/mol. The Bertz CT molecular complexity index is 720. The van der Waals surface area contributed by atoms with Crippen molar-refractivity contribution in [1.82, 2.24) is 14.9 Å². The minimum Gasteiger partial charge on any atom is -0.378 e. The SMILES string of the molecule is Cc1nc(CNc2ccc(S(=O)(=O)NC3CC3)cc2)no1. The molecule has 2 N–H and O–H groups in total. The molecule has 1 aromatic carbocycles. The van der Waals surface area contributed by atoms with E-state index in [9.17, 15) is 8.42 Å². The monoisotopic (exact) mass is 308 g/mol. The Balaban J connectivity index is 1.63. The molecule has 1 aromatic heterocycles. The molecule has 0 bridgehead atoms. The Labute approximate surface area is 122 Å². The van der Waals surface area contributed by atoms with Gasteiger partial charge >= 0.3 is 0 Å². The summed E-state index contributed by atoms with van der Waals surface area (Å²) in [6.07, 6.45) is 1.84. The van der Waals surface area contributed by atoms with Gasteiger partial charge in [0.1, 0.15) is 0 Å². The first-order valence-corrected chi connectivity index (χ1v) is 8.17. The number of nitrogens with one attached hydrogen (secondary N) is 2. The second-order valence-electron chi connectivity index (χ2n) is 5.00. The van der Waals surface area contributed by atoms with E-state index in [-0.39, 0.29) is 10.9 Å². The number of benzene rings is 1. The van der Waals surface area contributed by atoms with E-state index >= 15 is 0 Å². The normalized spacial score (nSPS) is 15.1. The van der Waals surface area contributed by atoms with Crippen molar-refractivity contribution in [2.24, 2.45) is 0 Å². The van der Waals surface area contributed by atoms with E-state index in [2.05, 4.69) is 20.2 Å². The molecule has 1 heterocycles. The predicted molar refractivity (Wildman–Crippen MR) is 76.1 cm³/mol. The lowest BCUT2D eigenvalue weighted by molar-refractivity contribution is 0.388. The highest BCUT2D eigenvalue weighted by Gasteiger charge is 2.27. The van der Waals surface area contributed by atoms with Crippen LogP contribution < -0.4 is 10.0 Å². The zero-order valence-electron chi connectivity index (χ0n) is 11.5. The topological polar surface area (TPSA) is 97.1 Å². The zero-order chi connectivity index (χ0) is 14.9. The van der Waals surface area contributed by atoms with Crippen molar-refractivity contribution in [3.8, 4) is 0 Å². The van der Waals surface area contributed by atoms with E-state index in [4.69, 9.17) is 4.52 Å². The molecule has 0 aliphatic heterocycles. The quantitative estimate of drug-likeness (QED) is 0.838. The number of aromatic nitrogens is 2. The van der Waals surface area contributed by atoms with Gasteiger partial charge in [-0.3, -0.25) is 0 Å². The summed E-state index contributed by atoms with van der Waals surface area (Å²) in [5, 5.41) is 6.88. The van der Waals surface area contributed by atoms with Crippen LogP contribution in [0.2, 0.25) is 0 Å². The van der Waals surface area contributed by atoms with Crippen LogP contribution in [-0.2, 0) is 16.6 Å². The highest BCUT2D eigenvalue weighted by Crippen LogP contribution is 2.22. The van der Waals surface area contributed by atoms with Crippen LogP contribution in [-0.4, -0.2) is 24.6 Å². The molecule has 1 saturated carbocycles. The van der Waals surface area contributed by atoms with Crippen LogP contribution in [0.4, 0.5) is 5.69 Å². The van der Waals surface area contributed by atoms with Gasteiger partial charge in [-0.1, -0.05) is 5.16 Å². The molecule has 7 nitrogen and oxygen atoms in total. The van der Waals surface area contributed by atoms with E-state index in [1.165, 1.54) is 0 Å². The van der Waals surface area contributed by atoms with Gasteiger partial charge in [0.2, 0.25) is 15.9 Å². The molecule has 21 heavy (non-hydrogen) atoms. The summed E-state index contributed by atoms with van der Waals surface area (Å²) in [6.45, 7) is 2.15. The lowest BCUT2D eigenvalue weighted by Gasteiger charge is -2.07. The highest BCUT2D eigenvalue weighted by molar-refractivity contribution is 7.89. The first-order valence-electron chi connectivity index (χ1n) is 6.68. The third-order valence-electron chi connectivity index (χ3n) is 3.08. The van der Waals surface area contributed by atoms with Gasteiger partial charge in [0.25, 0.3) is 0 Å². The fourth-order valence-electron chi connectivity index (χ4n) is 1.83. The van der Waals surface area contributed by atoms with Crippen molar-refractivity contribution in [3.63, 3.8) is 0 Å². The lowest BCUT2D eigenvalue weighted by atomic mass is 10.3. The Morgan fingerprint density at radius 2 is 2.00 bits per heavy atom. The van der Waals surface area contributed by atoms with Crippen LogP contribution in [0.15, 0.2) is 33.7 Å². The van der Waals surface area contributed by atoms with Gasteiger partial charge < -0.3 is 9.84 Å². The summed E-state index contributed by atoms with van der Waals surface area (Å²) >= 11 is 0. The van der Waals surface area contributed by atoms with Gasteiger partial charge in [-0.2, -0.15) is 4.98 Å². The molecule has 3 rings (SSSR count). The molecule has 0 saturated heterocycles. The number of sulfonamides is 1. The second-order valence-corrected chi connectivity index (χ2v) is 6.72. The van der Waals surface area contributed by atoms with Crippen molar-refractivity contribution in [3.05, 3.63) is 36.0 Å². The molecule has 0 amide bonds.